The minimum atomic E-state index is 0.401. The average molecular weight is 263 g/mol. The maximum atomic E-state index is 8.83. The quantitative estimate of drug-likeness (QED) is 0.865. The Morgan fingerprint density at radius 3 is 2.67 bits per heavy atom. The van der Waals surface area contributed by atoms with Gasteiger partial charge in [0.1, 0.15) is 6.07 Å². The zero-order valence-corrected chi connectivity index (χ0v) is 11.6. The molecule has 0 aromatic heterocycles. The van der Waals surface area contributed by atoms with E-state index in [9.17, 15) is 0 Å². The fourth-order valence-corrected chi connectivity index (χ4v) is 2.84. The van der Waals surface area contributed by atoms with Gasteiger partial charge in [0.25, 0.3) is 0 Å². The molecule has 0 atom stereocenters. The molecule has 18 heavy (non-hydrogen) atoms. The molecule has 0 unspecified atom stereocenters. The molecule has 0 amide bonds. The molecule has 0 radical (unpaired) electrons. The molecule has 0 spiro atoms. The van der Waals surface area contributed by atoms with Gasteiger partial charge in [-0.05, 0) is 36.5 Å². The van der Waals surface area contributed by atoms with Crippen LogP contribution in [0, 0.1) is 16.7 Å². The summed E-state index contributed by atoms with van der Waals surface area (Å²) in [6.07, 6.45) is 6.64. The van der Waals surface area contributed by atoms with Gasteiger partial charge in [-0.25, -0.2) is 0 Å². The molecule has 1 fully saturated rings. The first-order chi connectivity index (χ1) is 8.63. The molecule has 1 aliphatic carbocycles. The third-order valence-electron chi connectivity index (χ3n) is 3.87. The minimum Gasteiger partial charge on any atom is -0.384 e. The van der Waals surface area contributed by atoms with Gasteiger partial charge < -0.3 is 5.32 Å². The lowest BCUT2D eigenvalue weighted by molar-refractivity contribution is 0.233. The van der Waals surface area contributed by atoms with Gasteiger partial charge in [-0.3, -0.25) is 0 Å². The van der Waals surface area contributed by atoms with Crippen molar-refractivity contribution in [2.24, 2.45) is 5.41 Å². The van der Waals surface area contributed by atoms with Crippen LogP contribution >= 0.6 is 11.6 Å². The molecule has 0 aliphatic heterocycles. The molecule has 0 bridgehead atoms. The number of hydrogen-bond donors (Lipinski definition) is 1. The average Bonchev–Trinajstić information content (AvgIpc) is 2.38. The summed E-state index contributed by atoms with van der Waals surface area (Å²) in [7, 11) is 0. The molecule has 1 aromatic rings. The summed E-state index contributed by atoms with van der Waals surface area (Å²) in [6.45, 7) is 3.33. The van der Waals surface area contributed by atoms with Gasteiger partial charge in [0.2, 0.25) is 0 Å². The predicted octanol–water partition coefficient (Wildman–Crippen LogP) is 4.59. The van der Waals surface area contributed by atoms with E-state index in [0.717, 1.165) is 12.2 Å². The van der Waals surface area contributed by atoms with Crippen molar-refractivity contribution in [3.8, 4) is 6.07 Å². The highest BCUT2D eigenvalue weighted by Crippen LogP contribution is 2.36. The topological polar surface area (TPSA) is 35.8 Å². The zero-order chi connectivity index (χ0) is 13.0. The lowest BCUT2D eigenvalue weighted by Gasteiger charge is -2.34. The van der Waals surface area contributed by atoms with E-state index < -0.39 is 0 Å². The summed E-state index contributed by atoms with van der Waals surface area (Å²) >= 11 is 6.02. The van der Waals surface area contributed by atoms with Gasteiger partial charge in [-0.15, -0.1) is 0 Å². The Labute approximate surface area is 114 Å². The highest BCUT2D eigenvalue weighted by Gasteiger charge is 2.26. The van der Waals surface area contributed by atoms with E-state index in [4.69, 9.17) is 16.9 Å². The molecule has 2 nitrogen and oxygen atoms in total. The first-order valence-electron chi connectivity index (χ1n) is 6.56. The van der Waals surface area contributed by atoms with Crippen LogP contribution in [0.3, 0.4) is 0 Å². The normalized spacial score (nSPS) is 18.1. The van der Waals surface area contributed by atoms with Gasteiger partial charge in [0, 0.05) is 12.2 Å². The Morgan fingerprint density at radius 2 is 2.06 bits per heavy atom. The van der Waals surface area contributed by atoms with Crippen LogP contribution in [-0.4, -0.2) is 6.54 Å². The number of rotatable bonds is 3. The molecule has 1 aromatic carbocycles. The molecule has 1 saturated carbocycles. The van der Waals surface area contributed by atoms with Crippen LogP contribution in [0.15, 0.2) is 18.2 Å². The monoisotopic (exact) mass is 262 g/mol. The summed E-state index contributed by atoms with van der Waals surface area (Å²) in [5, 5.41) is 12.8. The third kappa shape index (κ3) is 3.17. The molecule has 1 N–H and O–H groups in total. The number of benzene rings is 1. The lowest BCUT2D eigenvalue weighted by atomic mass is 9.76. The van der Waals surface area contributed by atoms with E-state index >= 15 is 0 Å². The summed E-state index contributed by atoms with van der Waals surface area (Å²) < 4.78 is 0. The highest BCUT2D eigenvalue weighted by atomic mass is 35.5. The van der Waals surface area contributed by atoms with Gasteiger partial charge in [0.15, 0.2) is 0 Å². The molecular formula is C15H19ClN2. The summed E-state index contributed by atoms with van der Waals surface area (Å²) in [5.74, 6) is 0. The standard InChI is InChI=1S/C15H19ClN2/c1-15(7-3-2-4-8-15)11-18-13-6-5-12(10-17)14(16)9-13/h5-6,9,18H,2-4,7-8,11H2,1H3. The highest BCUT2D eigenvalue weighted by molar-refractivity contribution is 6.32. The van der Waals surface area contributed by atoms with Crippen molar-refractivity contribution < 1.29 is 0 Å². The Hall–Kier alpha value is -1.20. The molecule has 1 aliphatic rings. The largest absolute Gasteiger partial charge is 0.384 e. The van der Waals surface area contributed by atoms with Crippen molar-refractivity contribution in [3.63, 3.8) is 0 Å². The number of nitrogens with zero attached hydrogens (tertiary/aromatic N) is 1. The Bertz CT molecular complexity index is 456. The summed E-state index contributed by atoms with van der Waals surface area (Å²) in [5.41, 5.74) is 1.94. The summed E-state index contributed by atoms with van der Waals surface area (Å²) in [6, 6.07) is 7.61. The van der Waals surface area contributed by atoms with Gasteiger partial charge in [-0.2, -0.15) is 5.26 Å². The number of halogens is 1. The van der Waals surface area contributed by atoms with Crippen LogP contribution in [0.4, 0.5) is 5.69 Å². The molecule has 2 rings (SSSR count). The second-order valence-electron chi connectivity index (χ2n) is 5.53. The smallest absolute Gasteiger partial charge is 0.101 e. The van der Waals surface area contributed by atoms with Crippen molar-refractivity contribution in [1.82, 2.24) is 0 Å². The first kappa shape index (κ1) is 13.2. The maximum absolute atomic E-state index is 8.83. The Balaban J connectivity index is 1.98. The van der Waals surface area contributed by atoms with E-state index in [2.05, 4.69) is 18.3 Å². The van der Waals surface area contributed by atoms with E-state index in [1.54, 1.807) is 6.07 Å². The third-order valence-corrected chi connectivity index (χ3v) is 4.18. The molecule has 96 valence electrons. The van der Waals surface area contributed by atoms with Crippen molar-refractivity contribution in [2.75, 3.05) is 11.9 Å². The van der Waals surface area contributed by atoms with Crippen molar-refractivity contribution in [2.45, 2.75) is 39.0 Å². The van der Waals surface area contributed by atoms with Gasteiger partial charge >= 0.3 is 0 Å². The second-order valence-corrected chi connectivity index (χ2v) is 5.94. The van der Waals surface area contributed by atoms with E-state index in [1.807, 2.05) is 12.1 Å². The Morgan fingerprint density at radius 1 is 1.33 bits per heavy atom. The predicted molar refractivity (Wildman–Crippen MR) is 75.8 cm³/mol. The molecule has 0 saturated heterocycles. The zero-order valence-electron chi connectivity index (χ0n) is 10.8. The number of hydrogen-bond acceptors (Lipinski definition) is 2. The maximum Gasteiger partial charge on any atom is 0.101 e. The van der Waals surface area contributed by atoms with Gasteiger partial charge in [-0.1, -0.05) is 37.8 Å². The lowest BCUT2D eigenvalue weighted by Crippen LogP contribution is -2.28. The van der Waals surface area contributed by atoms with E-state index in [0.29, 0.717) is 16.0 Å². The minimum absolute atomic E-state index is 0.401. The summed E-state index contributed by atoms with van der Waals surface area (Å²) in [4.78, 5) is 0. The van der Waals surface area contributed by atoms with E-state index in [-0.39, 0.29) is 0 Å². The number of anilines is 1. The second kappa shape index (κ2) is 5.63. The first-order valence-corrected chi connectivity index (χ1v) is 6.94. The fraction of sp³-hybridized carbons (Fsp3) is 0.533. The Kier molecular flexibility index (Phi) is 4.14. The SMILES string of the molecule is CC1(CNc2ccc(C#N)c(Cl)c2)CCCCC1. The van der Waals surface area contributed by atoms with Crippen LogP contribution in [0.1, 0.15) is 44.6 Å². The fourth-order valence-electron chi connectivity index (χ4n) is 2.61. The molecule has 0 heterocycles. The molecular weight excluding hydrogens is 244 g/mol. The van der Waals surface area contributed by atoms with Crippen LogP contribution in [0.2, 0.25) is 5.02 Å². The van der Waals surface area contributed by atoms with Crippen molar-refractivity contribution in [3.05, 3.63) is 28.8 Å². The van der Waals surface area contributed by atoms with Crippen molar-refractivity contribution in [1.29, 1.82) is 5.26 Å². The van der Waals surface area contributed by atoms with E-state index in [1.165, 1.54) is 32.1 Å². The van der Waals surface area contributed by atoms with Crippen LogP contribution in [0.5, 0.6) is 0 Å². The number of nitriles is 1. The van der Waals surface area contributed by atoms with Crippen molar-refractivity contribution >= 4 is 17.3 Å². The van der Waals surface area contributed by atoms with Crippen LogP contribution in [-0.2, 0) is 0 Å². The van der Waals surface area contributed by atoms with Gasteiger partial charge in [0.05, 0.1) is 10.6 Å². The number of nitrogens with one attached hydrogen (secondary N) is 1. The molecule has 3 heteroatoms. The van der Waals surface area contributed by atoms with Crippen LogP contribution in [0.25, 0.3) is 0 Å². The van der Waals surface area contributed by atoms with Crippen LogP contribution < -0.4 is 5.32 Å².